The van der Waals surface area contributed by atoms with E-state index in [0.29, 0.717) is 6.54 Å². The van der Waals surface area contributed by atoms with Crippen molar-refractivity contribution in [1.29, 1.82) is 0 Å². The van der Waals surface area contributed by atoms with E-state index in [9.17, 15) is 32.3 Å². The number of rotatable bonds is 14. The van der Waals surface area contributed by atoms with Crippen LogP contribution in [0.15, 0.2) is 72.4 Å². The van der Waals surface area contributed by atoms with Gasteiger partial charge in [0.2, 0.25) is 0 Å². The van der Waals surface area contributed by atoms with E-state index in [2.05, 4.69) is 16.0 Å². The summed E-state index contributed by atoms with van der Waals surface area (Å²) in [6, 6.07) is 15.2. The van der Waals surface area contributed by atoms with E-state index in [4.69, 9.17) is 4.74 Å². The van der Waals surface area contributed by atoms with Crippen LogP contribution >= 0.6 is 0 Å². The molecule has 0 fully saturated rings. The number of halogens is 5. The fourth-order valence-corrected chi connectivity index (χ4v) is 4.45. The first-order valence-electron chi connectivity index (χ1n) is 13.3. The van der Waals surface area contributed by atoms with Gasteiger partial charge in [-0.15, -0.1) is 0 Å². The molecule has 3 aromatic rings. The Kier molecular flexibility index (Phi) is 14.3. The summed E-state index contributed by atoms with van der Waals surface area (Å²) in [7, 11) is 1.24. The van der Waals surface area contributed by atoms with E-state index in [-0.39, 0.29) is 71.5 Å². The summed E-state index contributed by atoms with van der Waals surface area (Å²) < 4.78 is 75.5. The number of carbonyl (C=O) groups excluding carboxylic acids is 2. The molecular weight excluding hydrogens is 596 g/mol. The van der Waals surface area contributed by atoms with Crippen molar-refractivity contribution < 1.29 is 70.9 Å². The molecule has 13 heteroatoms. The van der Waals surface area contributed by atoms with Crippen LogP contribution in [-0.4, -0.2) is 32.1 Å². The number of aliphatic carboxylic acids is 1. The van der Waals surface area contributed by atoms with Crippen LogP contribution in [0.2, 0.25) is 0 Å². The third-order valence-corrected chi connectivity index (χ3v) is 6.63. The van der Waals surface area contributed by atoms with Gasteiger partial charge < -0.3 is 30.6 Å². The number of hydrogen-bond acceptors (Lipinski definition) is 6. The standard InChI is InChI=1S/C31H32F5N3O4.Na/c1-19(38-17-22-23(31(34,35)36)12-7-13-24(22)32)28(21-11-6-14-26(43-2)29(21)33)30(42)39-18-25(20-9-4-3-5-10-20)37-16-8-15-27(40)41;/h3-7,9-14,25,37-38H,8,15-18H2,1-2H3,(H,39,42)(H,40,41);/q;+1/p-1/b28-19-;/t25-;/m0./s1. The van der Waals surface area contributed by atoms with Gasteiger partial charge in [-0.25, -0.2) is 8.78 Å². The van der Waals surface area contributed by atoms with Crippen molar-refractivity contribution in [2.45, 2.75) is 38.5 Å². The van der Waals surface area contributed by atoms with Crippen LogP contribution in [-0.2, 0) is 22.3 Å². The number of carbonyl (C=O) groups is 2. The van der Waals surface area contributed by atoms with Gasteiger partial charge in [0.25, 0.3) is 5.91 Å². The topological polar surface area (TPSA) is 103 Å². The molecule has 3 aromatic carbocycles. The predicted molar refractivity (Wildman–Crippen MR) is 148 cm³/mol. The molecule has 0 spiro atoms. The van der Waals surface area contributed by atoms with Crippen LogP contribution in [0.1, 0.15) is 48.1 Å². The van der Waals surface area contributed by atoms with Gasteiger partial charge in [-0.05, 0) is 50.1 Å². The van der Waals surface area contributed by atoms with Crippen molar-refractivity contribution in [3.05, 3.63) is 106 Å². The molecule has 3 rings (SSSR count). The van der Waals surface area contributed by atoms with Crippen molar-refractivity contribution in [1.82, 2.24) is 16.0 Å². The second kappa shape index (κ2) is 17.1. The van der Waals surface area contributed by atoms with Crippen LogP contribution in [0, 0.1) is 11.6 Å². The number of nitrogens with one attached hydrogen (secondary N) is 3. The average molecular weight is 628 g/mol. The van der Waals surface area contributed by atoms with E-state index in [0.717, 1.165) is 23.8 Å². The number of hydrogen-bond donors (Lipinski definition) is 3. The van der Waals surface area contributed by atoms with Crippen molar-refractivity contribution in [2.24, 2.45) is 0 Å². The Hall–Kier alpha value is -3.45. The van der Waals surface area contributed by atoms with Gasteiger partial charge >= 0.3 is 35.7 Å². The molecule has 1 atom stereocenters. The summed E-state index contributed by atoms with van der Waals surface area (Å²) in [5, 5.41) is 19.4. The summed E-state index contributed by atoms with van der Waals surface area (Å²) in [5.41, 5.74) is -1.50. The van der Waals surface area contributed by atoms with Crippen molar-refractivity contribution >= 4 is 17.4 Å². The maximum absolute atomic E-state index is 15.4. The maximum Gasteiger partial charge on any atom is 1.00 e. The first-order chi connectivity index (χ1) is 20.4. The molecule has 0 saturated carbocycles. The largest absolute Gasteiger partial charge is 1.00 e. The van der Waals surface area contributed by atoms with E-state index in [1.807, 2.05) is 0 Å². The quantitative estimate of drug-likeness (QED) is 0.108. The fourth-order valence-electron chi connectivity index (χ4n) is 4.45. The van der Waals surface area contributed by atoms with Gasteiger partial charge in [0.1, 0.15) is 5.82 Å². The molecule has 44 heavy (non-hydrogen) atoms. The molecule has 230 valence electrons. The fraction of sp³-hybridized carbons (Fsp3) is 0.290. The van der Waals surface area contributed by atoms with Crippen LogP contribution < -0.4 is 55.4 Å². The average Bonchev–Trinajstić information content (AvgIpc) is 2.96. The molecule has 0 aliphatic heterocycles. The van der Waals surface area contributed by atoms with Crippen LogP contribution in [0.5, 0.6) is 5.75 Å². The molecule has 0 aliphatic carbocycles. The summed E-state index contributed by atoms with van der Waals surface area (Å²) in [6.45, 7) is 1.01. The zero-order valence-electron chi connectivity index (χ0n) is 24.5. The van der Waals surface area contributed by atoms with E-state index >= 15 is 4.39 Å². The Labute approximate surface area is 274 Å². The van der Waals surface area contributed by atoms with E-state index < -0.39 is 53.4 Å². The zero-order chi connectivity index (χ0) is 31.6. The molecule has 7 nitrogen and oxygen atoms in total. The molecule has 0 bridgehead atoms. The predicted octanol–water partition coefficient (Wildman–Crippen LogP) is 1.49. The molecule has 0 saturated heterocycles. The molecule has 3 N–H and O–H groups in total. The minimum atomic E-state index is -4.82. The number of ether oxygens (including phenoxy) is 1. The Morgan fingerprint density at radius 1 is 0.955 bits per heavy atom. The minimum absolute atomic E-state index is 0. The Bertz CT molecular complexity index is 1450. The number of allylic oxidation sites excluding steroid dienone is 1. The first-order valence-corrected chi connectivity index (χ1v) is 13.3. The maximum atomic E-state index is 15.4. The Balaban J connectivity index is 0.00000675. The molecule has 0 unspecified atom stereocenters. The van der Waals surface area contributed by atoms with E-state index in [1.54, 1.807) is 30.3 Å². The smallest absolute Gasteiger partial charge is 0.550 e. The van der Waals surface area contributed by atoms with Crippen molar-refractivity contribution in [3.63, 3.8) is 0 Å². The van der Waals surface area contributed by atoms with Crippen LogP contribution in [0.25, 0.3) is 5.57 Å². The Morgan fingerprint density at radius 3 is 2.27 bits per heavy atom. The molecule has 1 amide bonds. The summed E-state index contributed by atoms with van der Waals surface area (Å²) >= 11 is 0. The zero-order valence-corrected chi connectivity index (χ0v) is 26.5. The summed E-state index contributed by atoms with van der Waals surface area (Å²) in [4.78, 5) is 24.4. The first kappa shape index (κ1) is 36.7. The molecule has 0 aromatic heterocycles. The number of alkyl halides is 3. The number of benzene rings is 3. The normalized spacial score (nSPS) is 12.4. The SMILES string of the molecule is COc1cccc(/C(C(=O)NC[C@H](NCCCC(=O)[O-])c2ccccc2)=C(\C)NCc2c(F)cccc2C(F)(F)F)c1F.[Na+]. The van der Waals surface area contributed by atoms with Gasteiger partial charge in [0.05, 0.1) is 18.2 Å². The van der Waals surface area contributed by atoms with Gasteiger partial charge in [-0.1, -0.05) is 48.5 Å². The minimum Gasteiger partial charge on any atom is -0.550 e. The number of carboxylic acid groups (broad SMARTS) is 1. The molecule has 0 aliphatic rings. The second-order valence-electron chi connectivity index (χ2n) is 9.54. The number of amides is 1. The van der Waals surface area contributed by atoms with Crippen molar-refractivity contribution in [3.8, 4) is 5.75 Å². The van der Waals surface area contributed by atoms with Crippen molar-refractivity contribution in [2.75, 3.05) is 20.2 Å². The van der Waals surface area contributed by atoms with E-state index in [1.165, 1.54) is 32.2 Å². The van der Waals surface area contributed by atoms with Crippen LogP contribution in [0.3, 0.4) is 0 Å². The molecule has 0 heterocycles. The second-order valence-corrected chi connectivity index (χ2v) is 9.54. The Morgan fingerprint density at radius 2 is 1.64 bits per heavy atom. The third-order valence-electron chi connectivity index (χ3n) is 6.63. The van der Waals surface area contributed by atoms with Gasteiger partial charge in [0, 0.05) is 41.9 Å². The van der Waals surface area contributed by atoms with Crippen LogP contribution in [0.4, 0.5) is 22.0 Å². The summed E-state index contributed by atoms with van der Waals surface area (Å²) in [5.74, 6) is -4.09. The van der Waals surface area contributed by atoms with Gasteiger partial charge in [-0.3, -0.25) is 4.79 Å². The molecule has 0 radical (unpaired) electrons. The van der Waals surface area contributed by atoms with Gasteiger partial charge in [-0.2, -0.15) is 13.2 Å². The monoisotopic (exact) mass is 627 g/mol. The number of methoxy groups -OCH3 is 1. The molecular formula is C31H31F5N3NaO4. The summed E-state index contributed by atoms with van der Waals surface area (Å²) in [6.07, 6.45) is -4.71. The number of carboxylic acids is 1. The third kappa shape index (κ3) is 10.0. The van der Waals surface area contributed by atoms with Gasteiger partial charge in [0.15, 0.2) is 11.6 Å².